The van der Waals surface area contributed by atoms with Crippen molar-refractivity contribution < 1.29 is 19.1 Å². The van der Waals surface area contributed by atoms with Crippen molar-refractivity contribution in [2.45, 2.75) is 13.8 Å². The lowest BCUT2D eigenvalue weighted by molar-refractivity contribution is -0.141. The van der Waals surface area contributed by atoms with Gasteiger partial charge in [-0.05, 0) is 26.8 Å². The second kappa shape index (κ2) is 10.5. The van der Waals surface area contributed by atoms with Gasteiger partial charge in [-0.25, -0.2) is 0 Å². The van der Waals surface area contributed by atoms with E-state index in [9.17, 15) is 9.59 Å². The van der Waals surface area contributed by atoms with Crippen LogP contribution in [0.15, 0.2) is 102 Å². The summed E-state index contributed by atoms with van der Waals surface area (Å²) >= 11 is 0. The van der Waals surface area contributed by atoms with Gasteiger partial charge in [0.25, 0.3) is 0 Å². The predicted molar refractivity (Wildman–Crippen MR) is 125 cm³/mol. The molecule has 0 N–H and O–H groups in total. The molecule has 0 spiro atoms. The molecule has 31 heavy (non-hydrogen) atoms. The molecule has 0 aliphatic heterocycles. The number of esters is 2. The fourth-order valence-electron chi connectivity index (χ4n) is 3.88. The number of ether oxygens (including phenoxy) is 2. The molecule has 0 fully saturated rings. The number of hydrogen-bond acceptors (Lipinski definition) is 4. The minimum atomic E-state index is -2.80. The molecule has 158 valence electrons. The average Bonchev–Trinajstić information content (AvgIpc) is 2.79. The van der Waals surface area contributed by atoms with E-state index in [1.165, 1.54) is 13.8 Å². The van der Waals surface area contributed by atoms with Crippen LogP contribution in [-0.2, 0) is 19.1 Å². The quantitative estimate of drug-likeness (QED) is 0.313. The van der Waals surface area contributed by atoms with Crippen LogP contribution in [0, 0.1) is 0 Å². The third-order valence-corrected chi connectivity index (χ3v) is 10.1. The van der Waals surface area contributed by atoms with Crippen molar-refractivity contribution in [3.63, 3.8) is 0 Å². The van der Waals surface area contributed by atoms with Gasteiger partial charge in [0.15, 0.2) is 8.07 Å². The molecule has 0 saturated carbocycles. The Morgan fingerprint density at radius 1 is 0.677 bits per heavy atom. The Hall–Kier alpha value is -3.44. The molecule has 0 amide bonds. The van der Waals surface area contributed by atoms with Gasteiger partial charge in [0.05, 0.1) is 0 Å². The monoisotopic (exact) mass is 430 g/mol. The maximum atomic E-state index is 11.7. The topological polar surface area (TPSA) is 52.6 Å². The third kappa shape index (κ3) is 5.19. The maximum absolute atomic E-state index is 11.7. The molecule has 3 rings (SSSR count). The summed E-state index contributed by atoms with van der Waals surface area (Å²) in [4.78, 5) is 23.2. The molecular formula is C26H26O4Si. The molecule has 0 aliphatic carbocycles. The smallest absolute Gasteiger partial charge is 0.302 e. The first kappa shape index (κ1) is 22.2. The molecule has 0 heterocycles. The highest BCUT2D eigenvalue weighted by molar-refractivity contribution is 7.16. The van der Waals surface area contributed by atoms with Crippen LogP contribution in [0.25, 0.3) is 0 Å². The normalized spacial score (nSPS) is 11.6. The molecule has 3 aromatic rings. The van der Waals surface area contributed by atoms with Crippen LogP contribution >= 0.6 is 0 Å². The van der Waals surface area contributed by atoms with Crippen molar-refractivity contribution in [3.05, 3.63) is 102 Å². The van der Waals surface area contributed by atoms with Crippen molar-refractivity contribution >= 4 is 35.6 Å². The molecule has 0 radical (unpaired) electrons. The molecule has 0 atom stereocenters. The van der Waals surface area contributed by atoms with Crippen molar-refractivity contribution in [1.82, 2.24) is 0 Å². The standard InChI is InChI=1S/C26H26O4Si/c1-21(27)29-19-18-26(20-30-22(2)28)31(23-12-6-3-7-13-23,24-14-8-4-9-15-24)25-16-10-5-11-17-25/h3-18H,19-20H2,1-2H3/b26-18+. The van der Waals surface area contributed by atoms with Crippen LogP contribution in [0.3, 0.4) is 0 Å². The highest BCUT2D eigenvalue weighted by Gasteiger charge is 2.43. The Bertz CT molecular complexity index is 934. The molecule has 4 nitrogen and oxygen atoms in total. The summed E-state index contributed by atoms with van der Waals surface area (Å²) in [5, 5.41) is 4.43. The highest BCUT2D eigenvalue weighted by Crippen LogP contribution is 2.18. The SMILES string of the molecule is CC(=O)OC/C=C(\COC(C)=O)[Si](c1ccccc1)(c1ccccc1)c1ccccc1. The molecule has 3 aromatic carbocycles. The van der Waals surface area contributed by atoms with Gasteiger partial charge in [0.1, 0.15) is 13.2 Å². The first-order valence-electron chi connectivity index (χ1n) is 10.2. The van der Waals surface area contributed by atoms with Gasteiger partial charge in [-0.15, -0.1) is 0 Å². The molecule has 0 unspecified atom stereocenters. The van der Waals surface area contributed by atoms with E-state index >= 15 is 0 Å². The first-order chi connectivity index (χ1) is 15.0. The van der Waals surface area contributed by atoms with Crippen molar-refractivity contribution in [3.8, 4) is 0 Å². The summed E-state index contributed by atoms with van der Waals surface area (Å²) in [5.74, 6) is -0.704. The maximum Gasteiger partial charge on any atom is 0.302 e. The van der Waals surface area contributed by atoms with E-state index in [0.29, 0.717) is 0 Å². The van der Waals surface area contributed by atoms with Crippen molar-refractivity contribution in [2.24, 2.45) is 0 Å². The molecule has 0 aromatic heterocycles. The van der Waals surface area contributed by atoms with E-state index in [1.54, 1.807) is 0 Å². The summed E-state index contributed by atoms with van der Waals surface area (Å²) in [6.07, 6.45) is 1.91. The van der Waals surface area contributed by atoms with Gasteiger partial charge in [-0.3, -0.25) is 9.59 Å². The van der Waals surface area contributed by atoms with Crippen LogP contribution in [0.1, 0.15) is 13.8 Å². The van der Waals surface area contributed by atoms with Gasteiger partial charge in [-0.2, -0.15) is 0 Å². The summed E-state index contributed by atoms with van der Waals surface area (Å²) in [6, 6.07) is 30.9. The Morgan fingerprint density at radius 3 is 1.42 bits per heavy atom. The van der Waals surface area contributed by atoms with E-state index in [-0.39, 0.29) is 25.2 Å². The Labute approximate surface area is 184 Å². The summed E-state index contributed by atoms with van der Waals surface area (Å²) in [6.45, 7) is 3.03. The molecular weight excluding hydrogens is 404 g/mol. The fourth-order valence-corrected chi connectivity index (χ4v) is 8.75. The number of hydrogen-bond donors (Lipinski definition) is 0. The number of benzene rings is 3. The van der Waals surface area contributed by atoms with Crippen LogP contribution in [0.2, 0.25) is 0 Å². The Kier molecular flexibility index (Phi) is 7.57. The minimum absolute atomic E-state index is 0.118. The van der Waals surface area contributed by atoms with E-state index < -0.39 is 8.07 Å². The summed E-state index contributed by atoms with van der Waals surface area (Å²) in [5.41, 5.74) is 0. The highest BCUT2D eigenvalue weighted by atomic mass is 28.3. The lowest BCUT2D eigenvalue weighted by atomic mass is 10.3. The molecule has 5 heteroatoms. The van der Waals surface area contributed by atoms with E-state index in [1.807, 2.05) is 60.7 Å². The van der Waals surface area contributed by atoms with Gasteiger partial charge in [-0.1, -0.05) is 91.0 Å². The fraction of sp³-hybridized carbons (Fsp3) is 0.154. The van der Waals surface area contributed by atoms with Crippen LogP contribution < -0.4 is 15.6 Å². The molecule has 0 saturated heterocycles. The number of carbonyl (C=O) groups excluding carboxylic acids is 2. The minimum Gasteiger partial charge on any atom is -0.462 e. The van der Waals surface area contributed by atoms with Crippen molar-refractivity contribution in [1.29, 1.82) is 0 Å². The van der Waals surface area contributed by atoms with Gasteiger partial charge < -0.3 is 9.47 Å². The average molecular weight is 431 g/mol. The lowest BCUT2D eigenvalue weighted by Crippen LogP contribution is -2.69. The predicted octanol–water partition coefficient (Wildman–Crippen LogP) is 2.75. The number of carbonyl (C=O) groups is 2. The van der Waals surface area contributed by atoms with Crippen molar-refractivity contribution in [2.75, 3.05) is 13.2 Å². The van der Waals surface area contributed by atoms with E-state index in [2.05, 4.69) is 36.4 Å². The first-order valence-corrected chi connectivity index (χ1v) is 12.2. The summed E-state index contributed by atoms with van der Waals surface area (Å²) < 4.78 is 10.8. The van der Waals surface area contributed by atoms with Crippen LogP contribution in [0.4, 0.5) is 0 Å². The number of rotatable bonds is 8. The van der Waals surface area contributed by atoms with Crippen LogP contribution in [-0.4, -0.2) is 33.2 Å². The van der Waals surface area contributed by atoms with Gasteiger partial charge in [0.2, 0.25) is 0 Å². The zero-order chi connectivity index (χ0) is 22.1. The molecule has 0 aliphatic rings. The van der Waals surface area contributed by atoms with Gasteiger partial charge in [0, 0.05) is 13.8 Å². The zero-order valence-corrected chi connectivity index (χ0v) is 18.8. The van der Waals surface area contributed by atoms with E-state index in [0.717, 1.165) is 20.8 Å². The summed E-state index contributed by atoms with van der Waals surface area (Å²) in [7, 11) is -2.80. The Balaban J connectivity index is 2.32. The lowest BCUT2D eigenvalue weighted by Gasteiger charge is -2.36. The van der Waals surface area contributed by atoms with Crippen LogP contribution in [0.5, 0.6) is 0 Å². The van der Waals surface area contributed by atoms with Gasteiger partial charge >= 0.3 is 11.9 Å². The third-order valence-electron chi connectivity index (χ3n) is 5.15. The second-order valence-corrected chi connectivity index (χ2v) is 11.0. The Morgan fingerprint density at radius 2 is 1.06 bits per heavy atom. The largest absolute Gasteiger partial charge is 0.462 e. The van der Waals surface area contributed by atoms with E-state index in [4.69, 9.17) is 9.47 Å². The second-order valence-electron chi connectivity index (χ2n) is 7.16. The molecule has 0 bridgehead atoms. The zero-order valence-electron chi connectivity index (χ0n) is 17.8.